The summed E-state index contributed by atoms with van der Waals surface area (Å²) in [6.07, 6.45) is 9.72. The van der Waals surface area contributed by atoms with Crippen molar-refractivity contribution < 1.29 is 4.79 Å². The van der Waals surface area contributed by atoms with Crippen LogP contribution in [0.25, 0.3) is 17.0 Å². The second kappa shape index (κ2) is 4.42. The monoisotopic (exact) mass is 197 g/mol. The first-order valence-corrected chi connectivity index (χ1v) is 4.76. The zero-order valence-electron chi connectivity index (χ0n) is 8.18. The van der Waals surface area contributed by atoms with Gasteiger partial charge in [0.25, 0.3) is 0 Å². The normalized spacial score (nSPS) is 11.7. The molecule has 2 nitrogen and oxygen atoms in total. The molecule has 0 spiro atoms. The number of carbonyl (C=O) groups excluding carboxylic acids is 1. The van der Waals surface area contributed by atoms with Crippen LogP contribution in [0.15, 0.2) is 48.7 Å². The van der Waals surface area contributed by atoms with Crippen LogP contribution in [0.2, 0.25) is 0 Å². The number of hydrogen-bond donors (Lipinski definition) is 1. The van der Waals surface area contributed by atoms with E-state index in [9.17, 15) is 4.79 Å². The molecule has 0 unspecified atom stereocenters. The van der Waals surface area contributed by atoms with Gasteiger partial charge in [0.15, 0.2) is 0 Å². The van der Waals surface area contributed by atoms with Crippen molar-refractivity contribution >= 4 is 23.3 Å². The van der Waals surface area contributed by atoms with Crippen LogP contribution >= 0.6 is 0 Å². The van der Waals surface area contributed by atoms with Crippen LogP contribution in [0.1, 0.15) is 5.56 Å². The number of fused-ring (bicyclic) bond motifs is 1. The van der Waals surface area contributed by atoms with E-state index in [1.165, 1.54) is 11.5 Å². The summed E-state index contributed by atoms with van der Waals surface area (Å²) in [4.78, 5) is 13.2. The summed E-state index contributed by atoms with van der Waals surface area (Å²) >= 11 is 0. The van der Waals surface area contributed by atoms with E-state index in [0.717, 1.165) is 17.4 Å². The first-order valence-electron chi connectivity index (χ1n) is 4.76. The standard InChI is InChI=1S/C13H11NO/c15-9-5-1-2-6-11-10-14-13-8-4-3-7-12(11)13/h1-10,14H. The molecule has 1 heterocycles. The highest BCUT2D eigenvalue weighted by Gasteiger charge is 1.97. The quantitative estimate of drug-likeness (QED) is 0.458. The first-order chi connectivity index (χ1) is 7.42. The Morgan fingerprint density at radius 2 is 1.93 bits per heavy atom. The molecule has 2 rings (SSSR count). The number of hydrogen-bond acceptors (Lipinski definition) is 1. The second-order valence-electron chi connectivity index (χ2n) is 3.17. The van der Waals surface area contributed by atoms with Gasteiger partial charge in [0.1, 0.15) is 6.29 Å². The molecule has 74 valence electrons. The Kier molecular flexibility index (Phi) is 2.79. The number of nitrogens with one attached hydrogen (secondary N) is 1. The van der Waals surface area contributed by atoms with Crippen molar-refractivity contribution in [2.75, 3.05) is 0 Å². The fourth-order valence-corrected chi connectivity index (χ4v) is 1.50. The zero-order valence-corrected chi connectivity index (χ0v) is 8.18. The van der Waals surface area contributed by atoms with Gasteiger partial charge in [-0.15, -0.1) is 0 Å². The lowest BCUT2D eigenvalue weighted by Crippen LogP contribution is -1.67. The molecule has 0 aliphatic carbocycles. The Balaban J connectivity index is 2.32. The van der Waals surface area contributed by atoms with Crippen LogP contribution in [0, 0.1) is 0 Å². The minimum Gasteiger partial charge on any atom is -0.361 e. The average Bonchev–Trinajstić information content (AvgIpc) is 2.68. The Hall–Kier alpha value is -2.09. The highest BCUT2D eigenvalue weighted by atomic mass is 16.1. The maximum atomic E-state index is 10.1. The molecule has 0 radical (unpaired) electrons. The Bertz CT molecular complexity index is 520. The molecule has 0 aliphatic rings. The number of aromatic nitrogens is 1. The van der Waals surface area contributed by atoms with Crippen molar-refractivity contribution in [3.05, 3.63) is 54.3 Å². The summed E-state index contributed by atoms with van der Waals surface area (Å²) in [6, 6.07) is 8.11. The van der Waals surface area contributed by atoms with Crippen LogP contribution in [-0.2, 0) is 4.79 Å². The first kappa shape index (κ1) is 9.46. The lowest BCUT2D eigenvalue weighted by atomic mass is 10.1. The van der Waals surface area contributed by atoms with E-state index in [1.807, 2.05) is 36.5 Å². The van der Waals surface area contributed by atoms with Crippen LogP contribution < -0.4 is 0 Å². The fraction of sp³-hybridized carbons (Fsp3) is 0. The van der Waals surface area contributed by atoms with Crippen molar-refractivity contribution in [3.63, 3.8) is 0 Å². The Morgan fingerprint density at radius 3 is 2.80 bits per heavy atom. The van der Waals surface area contributed by atoms with E-state index in [1.54, 1.807) is 6.08 Å². The molecule has 2 aromatic rings. The molecule has 1 aromatic carbocycles. The minimum absolute atomic E-state index is 0.763. The highest BCUT2D eigenvalue weighted by molar-refractivity contribution is 5.88. The number of aromatic amines is 1. The molecule has 0 saturated carbocycles. The zero-order chi connectivity index (χ0) is 10.5. The third-order valence-corrected chi connectivity index (χ3v) is 2.20. The number of H-pyrrole nitrogens is 1. The molecule has 0 fully saturated rings. The number of aldehydes is 1. The third-order valence-electron chi connectivity index (χ3n) is 2.20. The maximum Gasteiger partial charge on any atom is 0.142 e. The molecule has 0 aliphatic heterocycles. The molecule has 0 amide bonds. The van der Waals surface area contributed by atoms with Crippen molar-refractivity contribution in [1.29, 1.82) is 0 Å². The van der Waals surface area contributed by atoms with E-state index >= 15 is 0 Å². The molecular formula is C13H11NO. The summed E-state index contributed by atoms with van der Waals surface area (Å²) in [6.45, 7) is 0. The van der Waals surface area contributed by atoms with Crippen LogP contribution in [-0.4, -0.2) is 11.3 Å². The van der Waals surface area contributed by atoms with Gasteiger partial charge in [0.05, 0.1) is 0 Å². The lowest BCUT2D eigenvalue weighted by Gasteiger charge is -1.89. The molecule has 0 atom stereocenters. The smallest absolute Gasteiger partial charge is 0.142 e. The van der Waals surface area contributed by atoms with Gasteiger partial charge in [-0.05, 0) is 17.7 Å². The van der Waals surface area contributed by atoms with Gasteiger partial charge in [-0.25, -0.2) is 0 Å². The minimum atomic E-state index is 0.763. The third kappa shape index (κ3) is 2.05. The number of para-hydroxylation sites is 1. The summed E-state index contributed by atoms with van der Waals surface area (Å²) in [5, 5.41) is 1.19. The fourth-order valence-electron chi connectivity index (χ4n) is 1.50. The SMILES string of the molecule is O=CC=CC=Cc1c[nH]c2ccccc12. The van der Waals surface area contributed by atoms with Gasteiger partial charge >= 0.3 is 0 Å². The number of allylic oxidation sites excluding steroid dienone is 3. The molecule has 1 N–H and O–H groups in total. The van der Waals surface area contributed by atoms with Gasteiger partial charge in [-0.3, -0.25) is 4.79 Å². The molecule has 2 heteroatoms. The Labute approximate surface area is 87.9 Å². The molecule has 0 saturated heterocycles. The van der Waals surface area contributed by atoms with Gasteiger partial charge in [-0.2, -0.15) is 0 Å². The molecular weight excluding hydrogens is 186 g/mol. The molecule has 1 aromatic heterocycles. The predicted octanol–water partition coefficient (Wildman–Crippen LogP) is 2.94. The van der Waals surface area contributed by atoms with E-state index in [4.69, 9.17) is 0 Å². The maximum absolute atomic E-state index is 10.1. The summed E-state index contributed by atoms with van der Waals surface area (Å²) < 4.78 is 0. The van der Waals surface area contributed by atoms with Crippen LogP contribution in [0.3, 0.4) is 0 Å². The van der Waals surface area contributed by atoms with Crippen LogP contribution in [0.4, 0.5) is 0 Å². The van der Waals surface area contributed by atoms with Gasteiger partial charge in [0.2, 0.25) is 0 Å². The number of rotatable bonds is 3. The Morgan fingerprint density at radius 1 is 1.07 bits per heavy atom. The van der Waals surface area contributed by atoms with E-state index in [-0.39, 0.29) is 0 Å². The van der Waals surface area contributed by atoms with Gasteiger partial charge in [-0.1, -0.05) is 36.4 Å². The largest absolute Gasteiger partial charge is 0.361 e. The average molecular weight is 197 g/mol. The number of carbonyl (C=O) groups is 1. The van der Waals surface area contributed by atoms with E-state index in [2.05, 4.69) is 11.1 Å². The molecule has 0 bridgehead atoms. The highest BCUT2D eigenvalue weighted by Crippen LogP contribution is 2.18. The van der Waals surface area contributed by atoms with Crippen molar-refractivity contribution in [2.45, 2.75) is 0 Å². The number of benzene rings is 1. The summed E-state index contributed by atoms with van der Waals surface area (Å²) in [5.41, 5.74) is 2.25. The van der Waals surface area contributed by atoms with Gasteiger partial charge in [0, 0.05) is 17.1 Å². The second-order valence-corrected chi connectivity index (χ2v) is 3.17. The predicted molar refractivity (Wildman–Crippen MR) is 62.5 cm³/mol. The lowest BCUT2D eigenvalue weighted by molar-refractivity contribution is -0.104. The molecule has 15 heavy (non-hydrogen) atoms. The summed E-state index contributed by atoms with van der Waals surface area (Å²) in [7, 11) is 0. The van der Waals surface area contributed by atoms with E-state index in [0.29, 0.717) is 0 Å². The summed E-state index contributed by atoms with van der Waals surface area (Å²) in [5.74, 6) is 0. The van der Waals surface area contributed by atoms with Crippen molar-refractivity contribution in [1.82, 2.24) is 4.98 Å². The van der Waals surface area contributed by atoms with Gasteiger partial charge < -0.3 is 4.98 Å². The topological polar surface area (TPSA) is 32.9 Å². The van der Waals surface area contributed by atoms with E-state index < -0.39 is 0 Å². The van der Waals surface area contributed by atoms with Crippen molar-refractivity contribution in [3.8, 4) is 0 Å². The van der Waals surface area contributed by atoms with Crippen LogP contribution in [0.5, 0.6) is 0 Å². The van der Waals surface area contributed by atoms with Crippen molar-refractivity contribution in [2.24, 2.45) is 0 Å².